The molecule has 9 nitrogen and oxygen atoms in total. The summed E-state index contributed by atoms with van der Waals surface area (Å²) in [5, 5.41) is 0.525. The Labute approximate surface area is 180 Å². The van der Waals surface area contributed by atoms with Crippen LogP contribution in [0.2, 0.25) is 0 Å². The molecule has 31 heavy (non-hydrogen) atoms. The molecule has 2 amide bonds. The molecular weight excluding hydrogens is 422 g/mol. The first-order chi connectivity index (χ1) is 14.7. The van der Waals surface area contributed by atoms with Gasteiger partial charge >= 0.3 is 11.8 Å². The Morgan fingerprint density at radius 2 is 1.65 bits per heavy atom. The molecule has 1 aromatic carbocycles. The fourth-order valence-corrected chi connectivity index (χ4v) is 3.98. The Morgan fingerprint density at radius 1 is 0.968 bits per heavy atom. The molecule has 0 saturated carbocycles. The summed E-state index contributed by atoms with van der Waals surface area (Å²) >= 11 is 0. The number of hydrogen-bond donors (Lipinski definition) is 2. The largest absolute Gasteiger partial charge is 0.454 e. The smallest absolute Gasteiger partial charge is 0.305 e. The van der Waals surface area contributed by atoms with Gasteiger partial charge in [-0.15, -0.1) is 0 Å². The molecule has 2 heterocycles. The van der Waals surface area contributed by atoms with Gasteiger partial charge in [0.25, 0.3) is 0 Å². The molecule has 3 aromatic rings. The van der Waals surface area contributed by atoms with Crippen molar-refractivity contribution in [2.75, 3.05) is 19.3 Å². The molecule has 0 aliphatic rings. The van der Waals surface area contributed by atoms with Crippen molar-refractivity contribution in [2.45, 2.75) is 26.1 Å². The molecule has 166 valence electrons. The third kappa shape index (κ3) is 5.53. The van der Waals surface area contributed by atoms with Crippen molar-refractivity contribution in [3.8, 4) is 0 Å². The van der Waals surface area contributed by atoms with Gasteiger partial charge in [0.1, 0.15) is 11.3 Å². The molecule has 2 aromatic heterocycles. The van der Waals surface area contributed by atoms with Crippen molar-refractivity contribution in [1.29, 1.82) is 0 Å². The summed E-state index contributed by atoms with van der Waals surface area (Å²) in [6.45, 7) is 6.34. The number of sulfone groups is 1. The number of rotatable bonds is 8. The fourth-order valence-electron chi connectivity index (χ4n) is 3.17. The number of benzene rings is 1. The molecule has 0 atom stereocenters. The highest BCUT2D eigenvalue weighted by atomic mass is 32.2. The number of nitrogens with zero attached hydrogens (tertiary/aromatic N) is 1. The molecule has 0 radical (unpaired) electrons. The first kappa shape index (κ1) is 22.6. The van der Waals surface area contributed by atoms with E-state index in [1.165, 1.54) is 6.07 Å². The maximum Gasteiger partial charge on any atom is 0.305 e. The van der Waals surface area contributed by atoms with E-state index in [2.05, 4.69) is 15.8 Å². The highest BCUT2D eigenvalue weighted by molar-refractivity contribution is 7.89. The molecule has 10 heteroatoms. The van der Waals surface area contributed by atoms with Crippen LogP contribution in [0.25, 0.3) is 11.0 Å². The second kappa shape index (κ2) is 9.36. The second-order valence-corrected chi connectivity index (χ2v) is 9.25. The first-order valence-corrected chi connectivity index (χ1v) is 11.9. The lowest BCUT2D eigenvalue weighted by atomic mass is 10.1. The third-order valence-electron chi connectivity index (χ3n) is 4.76. The summed E-state index contributed by atoms with van der Waals surface area (Å²) in [5.41, 5.74) is 5.15. The zero-order valence-corrected chi connectivity index (χ0v) is 18.4. The maximum atomic E-state index is 12.6. The van der Waals surface area contributed by atoms with E-state index in [1.54, 1.807) is 30.3 Å². The number of carbonyl (C=O) groups excluding carboxylic acids is 2. The van der Waals surface area contributed by atoms with Crippen LogP contribution < -0.4 is 10.9 Å². The predicted octanol–water partition coefficient (Wildman–Crippen LogP) is 2.49. The van der Waals surface area contributed by atoms with Crippen LogP contribution in [0.15, 0.2) is 45.2 Å². The highest BCUT2D eigenvalue weighted by Gasteiger charge is 2.24. The van der Waals surface area contributed by atoms with Gasteiger partial charge in [-0.05, 0) is 31.3 Å². The number of carbonyl (C=O) groups is 2. The molecule has 0 unspecified atom stereocenters. The monoisotopic (exact) mass is 447 g/mol. The standard InChI is InChI=1S/C21H25N3O6S/c1-4-24(5-2)12-14-10-11-18(29-14)20(25)22-23-21(26)19-16(13-31(3,27)28)15-8-6-7-9-17(15)30-19/h6-11H,4-5,12-13H2,1-3H3,(H,22,25)(H,23,26). The lowest BCUT2D eigenvalue weighted by Gasteiger charge is -2.15. The average molecular weight is 448 g/mol. The van der Waals surface area contributed by atoms with Crippen LogP contribution in [0.4, 0.5) is 0 Å². The molecule has 0 bridgehead atoms. The first-order valence-electron chi connectivity index (χ1n) is 9.81. The number of amides is 2. The molecule has 0 spiro atoms. The number of para-hydroxylation sites is 1. The van der Waals surface area contributed by atoms with Crippen LogP contribution in [0.1, 0.15) is 46.3 Å². The van der Waals surface area contributed by atoms with Crippen molar-refractivity contribution < 1.29 is 26.8 Å². The van der Waals surface area contributed by atoms with Crippen molar-refractivity contribution in [2.24, 2.45) is 0 Å². The minimum absolute atomic E-state index is 0.0448. The number of nitrogens with one attached hydrogen (secondary N) is 2. The van der Waals surface area contributed by atoms with Gasteiger partial charge in [-0.2, -0.15) is 0 Å². The summed E-state index contributed by atoms with van der Waals surface area (Å²) in [6.07, 6.45) is 1.07. The Balaban J connectivity index is 1.72. The van der Waals surface area contributed by atoms with E-state index in [4.69, 9.17) is 8.83 Å². The molecule has 3 rings (SSSR count). The van der Waals surface area contributed by atoms with E-state index in [0.29, 0.717) is 23.3 Å². The summed E-state index contributed by atoms with van der Waals surface area (Å²) in [4.78, 5) is 27.1. The van der Waals surface area contributed by atoms with Crippen molar-refractivity contribution in [3.05, 3.63) is 59.2 Å². The summed E-state index contributed by atoms with van der Waals surface area (Å²) in [7, 11) is -3.43. The molecular formula is C21H25N3O6S. The van der Waals surface area contributed by atoms with Crippen LogP contribution in [-0.2, 0) is 22.1 Å². The zero-order chi connectivity index (χ0) is 22.6. The molecule has 0 aliphatic heterocycles. The van der Waals surface area contributed by atoms with Gasteiger partial charge < -0.3 is 8.83 Å². The summed E-state index contributed by atoms with van der Waals surface area (Å²) in [5.74, 6) is -1.27. The fraction of sp³-hybridized carbons (Fsp3) is 0.333. The Bertz CT molecular complexity index is 1190. The van der Waals surface area contributed by atoms with Gasteiger partial charge in [0.2, 0.25) is 0 Å². The van der Waals surface area contributed by atoms with Crippen LogP contribution in [0.3, 0.4) is 0 Å². The normalized spacial score (nSPS) is 11.7. The zero-order valence-electron chi connectivity index (χ0n) is 17.6. The van der Waals surface area contributed by atoms with Gasteiger partial charge in [-0.25, -0.2) is 8.42 Å². The van der Waals surface area contributed by atoms with Crippen LogP contribution >= 0.6 is 0 Å². The minimum atomic E-state index is -3.43. The maximum absolute atomic E-state index is 12.6. The number of hydrogen-bond acceptors (Lipinski definition) is 7. The number of furan rings is 2. The van der Waals surface area contributed by atoms with Crippen molar-refractivity contribution in [3.63, 3.8) is 0 Å². The number of fused-ring (bicyclic) bond motifs is 1. The lowest BCUT2D eigenvalue weighted by Crippen LogP contribution is -2.41. The SMILES string of the molecule is CCN(CC)Cc1ccc(C(=O)NNC(=O)c2oc3ccccc3c2CS(C)(=O)=O)o1. The predicted molar refractivity (Wildman–Crippen MR) is 115 cm³/mol. The lowest BCUT2D eigenvalue weighted by molar-refractivity contribution is 0.0815. The number of hydrazine groups is 1. The van der Waals surface area contributed by atoms with Gasteiger partial charge in [0.15, 0.2) is 21.4 Å². The Kier molecular flexibility index (Phi) is 6.81. The van der Waals surface area contributed by atoms with Crippen molar-refractivity contribution in [1.82, 2.24) is 15.8 Å². The average Bonchev–Trinajstić information content (AvgIpc) is 3.34. The van der Waals surface area contributed by atoms with E-state index >= 15 is 0 Å². The Hall–Kier alpha value is -3.11. The minimum Gasteiger partial charge on any atom is -0.454 e. The van der Waals surface area contributed by atoms with E-state index in [-0.39, 0.29) is 22.8 Å². The second-order valence-electron chi connectivity index (χ2n) is 7.11. The van der Waals surface area contributed by atoms with Crippen LogP contribution in [0, 0.1) is 0 Å². The van der Waals surface area contributed by atoms with Gasteiger partial charge in [-0.1, -0.05) is 32.0 Å². The molecule has 0 aliphatic carbocycles. The van der Waals surface area contributed by atoms with Crippen LogP contribution in [0.5, 0.6) is 0 Å². The van der Waals surface area contributed by atoms with Crippen molar-refractivity contribution >= 4 is 32.6 Å². The highest BCUT2D eigenvalue weighted by Crippen LogP contribution is 2.27. The van der Waals surface area contributed by atoms with Gasteiger partial charge in [0.05, 0.1) is 12.3 Å². The van der Waals surface area contributed by atoms with Gasteiger partial charge in [0, 0.05) is 17.2 Å². The molecule has 0 fully saturated rings. The van der Waals surface area contributed by atoms with E-state index in [9.17, 15) is 18.0 Å². The third-order valence-corrected chi connectivity index (χ3v) is 5.57. The van der Waals surface area contributed by atoms with E-state index < -0.39 is 21.7 Å². The summed E-state index contributed by atoms with van der Waals surface area (Å²) < 4.78 is 34.8. The van der Waals surface area contributed by atoms with Crippen LogP contribution in [-0.4, -0.2) is 44.5 Å². The molecule has 0 saturated heterocycles. The van der Waals surface area contributed by atoms with Gasteiger partial charge in [-0.3, -0.25) is 25.3 Å². The summed E-state index contributed by atoms with van der Waals surface area (Å²) in [6, 6.07) is 9.98. The molecule has 2 N–H and O–H groups in total. The quantitative estimate of drug-likeness (QED) is 0.509. The van der Waals surface area contributed by atoms with E-state index in [1.807, 2.05) is 13.8 Å². The Morgan fingerprint density at radius 3 is 2.32 bits per heavy atom. The van der Waals surface area contributed by atoms with E-state index in [0.717, 1.165) is 19.3 Å². The topological polar surface area (TPSA) is 122 Å².